The fourth-order valence-corrected chi connectivity index (χ4v) is 3.94. The third kappa shape index (κ3) is 5.68. The van der Waals surface area contributed by atoms with Crippen LogP contribution in [0.2, 0.25) is 10.0 Å². The molecule has 0 bridgehead atoms. The molecule has 0 aliphatic carbocycles. The smallest absolute Gasteiger partial charge is 0.293 e. The molecule has 1 N–H and O–H groups in total. The average molecular weight is 453 g/mol. The first kappa shape index (κ1) is 22.5. The second-order valence-electron chi connectivity index (χ2n) is 7.17. The van der Waals surface area contributed by atoms with Crippen LogP contribution >= 0.6 is 23.2 Å². The molecule has 1 fully saturated rings. The van der Waals surface area contributed by atoms with E-state index in [2.05, 4.69) is 21.2 Å². The molecule has 2 aromatic carbocycles. The van der Waals surface area contributed by atoms with E-state index in [-0.39, 0.29) is 10.7 Å². The quantitative estimate of drug-likeness (QED) is 0.330. The lowest BCUT2D eigenvalue weighted by Gasteiger charge is -2.36. The minimum absolute atomic E-state index is 0.0585. The number of unbranched alkanes of at least 4 members (excludes halogenated alkanes) is 1. The highest BCUT2D eigenvalue weighted by Crippen LogP contribution is 2.34. The van der Waals surface area contributed by atoms with Crippen molar-refractivity contribution in [1.82, 2.24) is 4.90 Å². The molecule has 1 aliphatic heterocycles. The summed E-state index contributed by atoms with van der Waals surface area (Å²) >= 11 is 11.9. The summed E-state index contributed by atoms with van der Waals surface area (Å²) in [7, 11) is 1.70. The van der Waals surface area contributed by atoms with Crippen LogP contribution in [0, 0.1) is 10.1 Å². The van der Waals surface area contributed by atoms with Crippen molar-refractivity contribution in [3.8, 4) is 5.75 Å². The molecule has 0 amide bonds. The molecule has 7 nitrogen and oxygen atoms in total. The Bertz CT molecular complexity index is 873. The molecule has 0 saturated carbocycles. The molecule has 0 aromatic heterocycles. The molecular weight excluding hydrogens is 427 g/mol. The molecule has 0 atom stereocenters. The Hall–Kier alpha value is -2.22. The van der Waals surface area contributed by atoms with Crippen molar-refractivity contribution in [1.29, 1.82) is 0 Å². The Morgan fingerprint density at radius 1 is 1.10 bits per heavy atom. The number of nitro benzene ring substituents is 1. The van der Waals surface area contributed by atoms with Crippen LogP contribution in [0.15, 0.2) is 36.4 Å². The van der Waals surface area contributed by atoms with Crippen molar-refractivity contribution >= 4 is 40.3 Å². The topological polar surface area (TPSA) is 70.9 Å². The molecule has 9 heteroatoms. The summed E-state index contributed by atoms with van der Waals surface area (Å²) in [6.07, 6.45) is 1.92. The first-order valence-electron chi connectivity index (χ1n) is 9.97. The third-order valence-corrected chi connectivity index (χ3v) is 5.97. The van der Waals surface area contributed by atoms with E-state index < -0.39 is 4.92 Å². The lowest BCUT2D eigenvalue weighted by molar-refractivity contribution is -0.383. The Morgan fingerprint density at radius 3 is 2.50 bits per heavy atom. The van der Waals surface area contributed by atoms with Crippen LogP contribution in [0.5, 0.6) is 5.75 Å². The monoisotopic (exact) mass is 452 g/mol. The van der Waals surface area contributed by atoms with Gasteiger partial charge in [0.2, 0.25) is 0 Å². The number of halogens is 2. The summed E-state index contributed by atoms with van der Waals surface area (Å²) in [5.74, 6) is 0.911. The zero-order valence-corrected chi connectivity index (χ0v) is 18.5. The van der Waals surface area contributed by atoms with Crippen molar-refractivity contribution in [3.63, 3.8) is 0 Å². The highest BCUT2D eigenvalue weighted by atomic mass is 35.5. The van der Waals surface area contributed by atoms with Gasteiger partial charge in [0.1, 0.15) is 11.4 Å². The van der Waals surface area contributed by atoms with E-state index in [9.17, 15) is 10.1 Å². The van der Waals surface area contributed by atoms with Crippen LogP contribution in [-0.4, -0.2) is 56.2 Å². The molecular formula is C21H26Cl2N4O3. The van der Waals surface area contributed by atoms with Gasteiger partial charge in [-0.15, -0.1) is 0 Å². The van der Waals surface area contributed by atoms with Crippen LogP contribution < -0.4 is 15.0 Å². The number of rotatable bonds is 9. The fourth-order valence-electron chi connectivity index (χ4n) is 3.62. The molecule has 1 heterocycles. The minimum Gasteiger partial charge on any atom is -0.495 e. The molecule has 0 radical (unpaired) electrons. The molecule has 30 heavy (non-hydrogen) atoms. The van der Waals surface area contributed by atoms with Gasteiger partial charge in [0.05, 0.1) is 27.8 Å². The Morgan fingerprint density at radius 2 is 1.80 bits per heavy atom. The molecule has 1 saturated heterocycles. The second-order valence-corrected chi connectivity index (χ2v) is 7.99. The molecule has 0 unspecified atom stereocenters. The van der Waals surface area contributed by atoms with E-state index >= 15 is 0 Å². The van der Waals surface area contributed by atoms with Crippen LogP contribution in [0.4, 0.5) is 17.1 Å². The van der Waals surface area contributed by atoms with Gasteiger partial charge in [0, 0.05) is 38.8 Å². The maximum Gasteiger partial charge on any atom is 0.293 e. The maximum absolute atomic E-state index is 11.2. The number of nitrogens with one attached hydrogen (secondary N) is 1. The van der Waals surface area contributed by atoms with Crippen LogP contribution in [0.25, 0.3) is 0 Å². The van der Waals surface area contributed by atoms with Crippen molar-refractivity contribution in [3.05, 3.63) is 56.6 Å². The van der Waals surface area contributed by atoms with E-state index in [1.807, 2.05) is 18.2 Å². The van der Waals surface area contributed by atoms with Crippen molar-refractivity contribution < 1.29 is 9.66 Å². The summed E-state index contributed by atoms with van der Waals surface area (Å²) in [5, 5.41) is 14.8. The number of ether oxygens (including phenoxy) is 1. The van der Waals surface area contributed by atoms with Gasteiger partial charge < -0.3 is 15.0 Å². The van der Waals surface area contributed by atoms with Crippen LogP contribution in [0.3, 0.4) is 0 Å². The van der Waals surface area contributed by atoms with E-state index in [0.29, 0.717) is 17.3 Å². The Labute approximate surface area is 186 Å². The summed E-state index contributed by atoms with van der Waals surface area (Å²) in [6.45, 7) is 5.58. The standard InChI is InChI=1S/C21H26Cl2N4O3/c1-30-21-7-3-2-6-19(21)26-12-10-25(11-13-26)9-5-4-8-24-18-14-16(22)17(23)15-20(18)27(28)29/h2-3,6-7,14-15,24H,4-5,8-13H2,1H3. The minimum atomic E-state index is -0.453. The van der Waals surface area contributed by atoms with E-state index in [1.165, 1.54) is 12.1 Å². The average Bonchev–Trinajstić information content (AvgIpc) is 2.76. The van der Waals surface area contributed by atoms with Gasteiger partial charge in [0.25, 0.3) is 5.69 Å². The summed E-state index contributed by atoms with van der Waals surface area (Å²) in [5.41, 5.74) is 1.49. The Balaban J connectivity index is 1.40. The van der Waals surface area contributed by atoms with E-state index in [1.54, 1.807) is 7.11 Å². The number of nitro groups is 1. The number of para-hydroxylation sites is 2. The largest absolute Gasteiger partial charge is 0.495 e. The number of anilines is 2. The zero-order chi connectivity index (χ0) is 21.5. The van der Waals surface area contributed by atoms with Crippen LogP contribution in [0.1, 0.15) is 12.8 Å². The Kier molecular flexibility index (Phi) is 8.01. The molecule has 2 aromatic rings. The predicted molar refractivity (Wildman–Crippen MR) is 122 cm³/mol. The van der Waals surface area contributed by atoms with Gasteiger partial charge in [-0.2, -0.15) is 0 Å². The van der Waals surface area contributed by atoms with Crippen molar-refractivity contribution in [2.75, 3.05) is 56.6 Å². The number of nitrogens with zero attached hydrogens (tertiary/aromatic N) is 3. The van der Waals surface area contributed by atoms with E-state index in [0.717, 1.165) is 57.0 Å². The molecule has 3 rings (SSSR count). The zero-order valence-electron chi connectivity index (χ0n) is 16.9. The lowest BCUT2D eigenvalue weighted by atomic mass is 10.2. The summed E-state index contributed by atoms with van der Waals surface area (Å²) in [4.78, 5) is 15.6. The molecule has 1 aliphatic rings. The number of piperazine rings is 1. The van der Waals surface area contributed by atoms with Gasteiger partial charge in [0.15, 0.2) is 0 Å². The fraction of sp³-hybridized carbons (Fsp3) is 0.429. The van der Waals surface area contributed by atoms with Crippen molar-refractivity contribution in [2.45, 2.75) is 12.8 Å². The molecule has 162 valence electrons. The maximum atomic E-state index is 11.2. The summed E-state index contributed by atoms with van der Waals surface area (Å²) < 4.78 is 5.47. The third-order valence-electron chi connectivity index (χ3n) is 5.25. The number of hydrogen-bond acceptors (Lipinski definition) is 6. The van der Waals surface area contributed by atoms with Gasteiger partial charge in [-0.1, -0.05) is 35.3 Å². The SMILES string of the molecule is COc1ccccc1N1CCN(CCCCNc2cc(Cl)c(Cl)cc2[N+](=O)[O-])CC1. The normalized spacial score (nSPS) is 14.6. The summed E-state index contributed by atoms with van der Waals surface area (Å²) in [6, 6.07) is 10.9. The second kappa shape index (κ2) is 10.7. The van der Waals surface area contributed by atoms with Gasteiger partial charge in [-0.05, 0) is 37.6 Å². The molecule has 0 spiro atoms. The number of benzene rings is 2. The first-order valence-corrected chi connectivity index (χ1v) is 10.7. The van der Waals surface area contributed by atoms with Crippen LogP contribution in [-0.2, 0) is 0 Å². The van der Waals surface area contributed by atoms with Gasteiger partial charge in [-0.25, -0.2) is 0 Å². The predicted octanol–water partition coefficient (Wildman–Crippen LogP) is 4.92. The first-order chi connectivity index (χ1) is 14.5. The van der Waals surface area contributed by atoms with Crippen molar-refractivity contribution in [2.24, 2.45) is 0 Å². The lowest BCUT2D eigenvalue weighted by Crippen LogP contribution is -2.46. The number of methoxy groups -OCH3 is 1. The van der Waals surface area contributed by atoms with E-state index in [4.69, 9.17) is 27.9 Å². The van der Waals surface area contributed by atoms with Gasteiger partial charge in [-0.3, -0.25) is 15.0 Å². The highest BCUT2D eigenvalue weighted by Gasteiger charge is 2.19. The van der Waals surface area contributed by atoms with Gasteiger partial charge >= 0.3 is 0 Å². The highest BCUT2D eigenvalue weighted by molar-refractivity contribution is 6.42. The number of hydrogen-bond donors (Lipinski definition) is 1.